The summed E-state index contributed by atoms with van der Waals surface area (Å²) in [6, 6.07) is 16.6. The zero-order valence-electron chi connectivity index (χ0n) is 16.5. The molecule has 0 bridgehead atoms. The number of ether oxygens (including phenoxy) is 1. The number of benzene rings is 2. The van der Waals surface area contributed by atoms with Crippen LogP contribution in [0.1, 0.15) is 37.8 Å². The van der Waals surface area contributed by atoms with E-state index in [9.17, 15) is 4.79 Å². The molecule has 1 heterocycles. The molecule has 0 spiro atoms. The number of hydrogen-bond acceptors (Lipinski definition) is 5. The van der Waals surface area contributed by atoms with Gasteiger partial charge in [0.1, 0.15) is 12.6 Å². The van der Waals surface area contributed by atoms with Crippen LogP contribution in [0.4, 0.5) is 0 Å². The van der Waals surface area contributed by atoms with Gasteiger partial charge in [0.15, 0.2) is 0 Å². The zero-order valence-corrected chi connectivity index (χ0v) is 17.2. The van der Waals surface area contributed by atoms with Gasteiger partial charge in [-0.15, -0.1) is 0 Å². The summed E-state index contributed by atoms with van der Waals surface area (Å²) in [7, 11) is 0. The quantitative estimate of drug-likeness (QED) is 0.544. The molecule has 0 aliphatic heterocycles. The summed E-state index contributed by atoms with van der Waals surface area (Å²) < 4.78 is 11.0. The molecule has 0 saturated heterocycles. The molecule has 0 saturated carbocycles. The largest absolute Gasteiger partial charge is 0.367 e. The molecule has 7 heteroatoms. The summed E-state index contributed by atoms with van der Waals surface area (Å²) in [5.74, 6) is 0.686. The second-order valence-corrected chi connectivity index (χ2v) is 7.31. The molecular formula is C22H24ClN3O3. The second-order valence-electron chi connectivity index (χ2n) is 6.88. The lowest BCUT2D eigenvalue weighted by atomic mass is 9.99. The van der Waals surface area contributed by atoms with Crippen LogP contribution in [0.25, 0.3) is 11.4 Å². The number of aromatic nitrogens is 2. The molecule has 1 amide bonds. The van der Waals surface area contributed by atoms with Crippen LogP contribution in [0.2, 0.25) is 5.02 Å². The standard InChI is InChI=1S/C22H24ClN3O3/c1-3-15(2)20(24-19(27)14-28-13-16-8-5-4-6-9-16)22-25-21(26-29-22)17-10-7-11-18(23)12-17/h4-12,15,20H,3,13-14H2,1-2H3,(H,24,27)/t15-,20+/m1/s1. The molecular weight excluding hydrogens is 390 g/mol. The van der Waals surface area contributed by atoms with E-state index in [1.807, 2.05) is 56.3 Å². The number of nitrogens with one attached hydrogen (secondary N) is 1. The van der Waals surface area contributed by atoms with Crippen molar-refractivity contribution in [3.63, 3.8) is 0 Å². The molecule has 0 aliphatic rings. The first-order valence-electron chi connectivity index (χ1n) is 9.57. The van der Waals surface area contributed by atoms with Gasteiger partial charge in [-0.2, -0.15) is 4.98 Å². The van der Waals surface area contributed by atoms with Crippen LogP contribution >= 0.6 is 11.6 Å². The Labute approximate surface area is 175 Å². The van der Waals surface area contributed by atoms with Crippen molar-refractivity contribution in [1.29, 1.82) is 0 Å². The van der Waals surface area contributed by atoms with E-state index in [4.69, 9.17) is 20.9 Å². The number of halogens is 1. The Kier molecular flexibility index (Phi) is 7.38. The lowest BCUT2D eigenvalue weighted by molar-refractivity contribution is -0.127. The third-order valence-corrected chi connectivity index (χ3v) is 4.90. The maximum Gasteiger partial charge on any atom is 0.249 e. The Morgan fingerprint density at radius 2 is 2.00 bits per heavy atom. The highest BCUT2D eigenvalue weighted by molar-refractivity contribution is 6.30. The van der Waals surface area contributed by atoms with Crippen LogP contribution in [-0.2, 0) is 16.1 Å². The van der Waals surface area contributed by atoms with E-state index in [1.54, 1.807) is 12.1 Å². The van der Waals surface area contributed by atoms with E-state index in [2.05, 4.69) is 15.5 Å². The van der Waals surface area contributed by atoms with Crippen LogP contribution in [-0.4, -0.2) is 22.7 Å². The third kappa shape index (κ3) is 5.89. The Bertz CT molecular complexity index is 930. The van der Waals surface area contributed by atoms with Gasteiger partial charge < -0.3 is 14.6 Å². The number of carbonyl (C=O) groups excluding carboxylic acids is 1. The molecule has 0 aliphatic carbocycles. The highest BCUT2D eigenvalue weighted by Gasteiger charge is 2.26. The molecule has 29 heavy (non-hydrogen) atoms. The van der Waals surface area contributed by atoms with Crippen LogP contribution in [0, 0.1) is 5.92 Å². The van der Waals surface area contributed by atoms with E-state index >= 15 is 0 Å². The van der Waals surface area contributed by atoms with Crippen molar-refractivity contribution in [1.82, 2.24) is 15.5 Å². The van der Waals surface area contributed by atoms with Gasteiger partial charge in [-0.25, -0.2) is 0 Å². The summed E-state index contributed by atoms with van der Waals surface area (Å²) in [6.07, 6.45) is 0.838. The van der Waals surface area contributed by atoms with E-state index < -0.39 is 6.04 Å². The topological polar surface area (TPSA) is 77.2 Å². The SMILES string of the molecule is CC[C@@H](C)[C@H](NC(=O)COCc1ccccc1)c1nc(-c2cccc(Cl)c2)no1. The highest BCUT2D eigenvalue weighted by Crippen LogP contribution is 2.26. The van der Waals surface area contributed by atoms with Crippen molar-refractivity contribution in [2.45, 2.75) is 32.9 Å². The maximum absolute atomic E-state index is 12.4. The predicted octanol–water partition coefficient (Wildman–Crippen LogP) is 4.81. The van der Waals surface area contributed by atoms with Crippen LogP contribution < -0.4 is 5.32 Å². The molecule has 1 N–H and O–H groups in total. The molecule has 3 rings (SSSR count). The molecule has 0 radical (unpaired) electrons. The van der Waals surface area contributed by atoms with E-state index in [0.29, 0.717) is 23.3 Å². The van der Waals surface area contributed by atoms with E-state index in [0.717, 1.165) is 17.5 Å². The predicted molar refractivity (Wildman–Crippen MR) is 111 cm³/mol. The summed E-state index contributed by atoms with van der Waals surface area (Å²) >= 11 is 6.04. The lowest BCUT2D eigenvalue weighted by Crippen LogP contribution is -2.35. The molecule has 2 atom stereocenters. The molecule has 152 valence electrons. The number of carbonyl (C=O) groups is 1. The Morgan fingerprint density at radius 3 is 2.72 bits per heavy atom. The van der Waals surface area contributed by atoms with Gasteiger partial charge in [0.05, 0.1) is 6.61 Å². The van der Waals surface area contributed by atoms with Crippen LogP contribution in [0.5, 0.6) is 0 Å². The van der Waals surface area contributed by atoms with Crippen molar-refractivity contribution < 1.29 is 14.1 Å². The third-order valence-electron chi connectivity index (χ3n) is 4.66. The average molecular weight is 414 g/mol. The minimum absolute atomic E-state index is 0.0445. The van der Waals surface area contributed by atoms with Crippen LogP contribution in [0.15, 0.2) is 59.1 Å². The maximum atomic E-state index is 12.4. The average Bonchev–Trinajstić information content (AvgIpc) is 3.22. The van der Waals surface area contributed by atoms with Gasteiger partial charge in [-0.1, -0.05) is 79.5 Å². The highest BCUT2D eigenvalue weighted by atomic mass is 35.5. The molecule has 0 fully saturated rings. The second kappa shape index (κ2) is 10.2. The minimum Gasteiger partial charge on any atom is -0.367 e. The normalized spacial score (nSPS) is 13.1. The first-order valence-corrected chi connectivity index (χ1v) is 9.95. The number of rotatable bonds is 9. The lowest BCUT2D eigenvalue weighted by Gasteiger charge is -2.20. The first-order chi connectivity index (χ1) is 14.1. The molecule has 3 aromatic rings. The van der Waals surface area contributed by atoms with Gasteiger partial charge in [-0.05, 0) is 23.6 Å². The fraction of sp³-hybridized carbons (Fsp3) is 0.318. The monoisotopic (exact) mass is 413 g/mol. The smallest absolute Gasteiger partial charge is 0.249 e. The fourth-order valence-corrected chi connectivity index (χ4v) is 3.03. The van der Waals surface area contributed by atoms with Crippen molar-refractivity contribution in [2.24, 2.45) is 5.92 Å². The van der Waals surface area contributed by atoms with Gasteiger partial charge in [-0.3, -0.25) is 4.79 Å². The number of hydrogen-bond donors (Lipinski definition) is 1. The van der Waals surface area contributed by atoms with Gasteiger partial charge >= 0.3 is 0 Å². The van der Waals surface area contributed by atoms with Gasteiger partial charge in [0.25, 0.3) is 0 Å². The Morgan fingerprint density at radius 1 is 1.21 bits per heavy atom. The van der Waals surface area contributed by atoms with Crippen molar-refractivity contribution in [2.75, 3.05) is 6.61 Å². The van der Waals surface area contributed by atoms with Crippen LogP contribution in [0.3, 0.4) is 0 Å². The summed E-state index contributed by atoms with van der Waals surface area (Å²) in [6.45, 7) is 4.40. The van der Waals surface area contributed by atoms with E-state index in [1.165, 1.54) is 0 Å². The Balaban J connectivity index is 1.64. The van der Waals surface area contributed by atoms with Gasteiger partial charge in [0, 0.05) is 10.6 Å². The van der Waals surface area contributed by atoms with Crippen molar-refractivity contribution >= 4 is 17.5 Å². The number of nitrogens with zero attached hydrogens (tertiary/aromatic N) is 2. The van der Waals surface area contributed by atoms with E-state index in [-0.39, 0.29) is 18.4 Å². The molecule has 2 aromatic carbocycles. The van der Waals surface area contributed by atoms with Gasteiger partial charge in [0.2, 0.25) is 17.6 Å². The zero-order chi connectivity index (χ0) is 20.6. The fourth-order valence-electron chi connectivity index (χ4n) is 2.84. The Hall–Kier alpha value is -2.70. The summed E-state index contributed by atoms with van der Waals surface area (Å²) in [5.41, 5.74) is 1.77. The van der Waals surface area contributed by atoms with Crippen molar-refractivity contribution in [3.8, 4) is 11.4 Å². The summed E-state index contributed by atoms with van der Waals surface area (Å²) in [5, 5.41) is 7.60. The summed E-state index contributed by atoms with van der Waals surface area (Å²) in [4.78, 5) is 16.9. The first kappa shape index (κ1) is 21.0. The minimum atomic E-state index is -0.395. The van der Waals surface area contributed by atoms with Crippen molar-refractivity contribution in [3.05, 3.63) is 71.1 Å². The number of amides is 1. The molecule has 0 unspecified atom stereocenters. The molecule has 6 nitrogen and oxygen atoms in total. The molecule has 1 aromatic heterocycles.